The molecule has 3 nitrogen and oxygen atoms in total. The lowest BCUT2D eigenvalue weighted by atomic mass is 10.1. The number of rotatable bonds is 2. The molecule has 0 aliphatic carbocycles. The van der Waals surface area contributed by atoms with Crippen LogP contribution < -0.4 is 5.73 Å². The Hall–Kier alpha value is -1.61. The van der Waals surface area contributed by atoms with Gasteiger partial charge in [0.25, 0.3) is 0 Å². The number of furan rings is 1. The minimum atomic E-state index is -0.0686. The van der Waals surface area contributed by atoms with Crippen molar-refractivity contribution in [2.24, 2.45) is 5.73 Å². The van der Waals surface area contributed by atoms with Gasteiger partial charge in [0, 0.05) is 10.9 Å². The first-order valence-electron chi connectivity index (χ1n) is 4.44. The van der Waals surface area contributed by atoms with Crippen LogP contribution in [-0.2, 0) is 0 Å². The second kappa shape index (κ2) is 3.27. The lowest BCUT2D eigenvalue weighted by Crippen LogP contribution is -2.13. The van der Waals surface area contributed by atoms with Crippen LogP contribution in [0.2, 0.25) is 0 Å². The molecule has 0 aliphatic heterocycles. The molecule has 1 aromatic carbocycles. The van der Waals surface area contributed by atoms with E-state index in [1.54, 1.807) is 12.1 Å². The van der Waals surface area contributed by atoms with Crippen LogP contribution in [-0.4, -0.2) is 12.3 Å². The van der Waals surface area contributed by atoms with Crippen molar-refractivity contribution in [2.45, 2.75) is 6.92 Å². The highest BCUT2D eigenvalue weighted by Gasteiger charge is 2.06. The smallest absolute Gasteiger partial charge is 0.176 e. The minimum Gasteiger partial charge on any atom is -0.461 e. The summed E-state index contributed by atoms with van der Waals surface area (Å²) in [4.78, 5) is 11.3. The Morgan fingerprint density at radius 3 is 2.93 bits per heavy atom. The molecule has 1 heterocycles. The number of hydrogen-bond donors (Lipinski definition) is 1. The second-order valence-electron chi connectivity index (χ2n) is 3.24. The molecular weight excluding hydrogens is 178 g/mol. The maximum Gasteiger partial charge on any atom is 0.176 e. The second-order valence-corrected chi connectivity index (χ2v) is 3.24. The minimum absolute atomic E-state index is 0.0329. The van der Waals surface area contributed by atoms with Gasteiger partial charge in [0.05, 0.1) is 6.54 Å². The van der Waals surface area contributed by atoms with Crippen LogP contribution in [0.25, 0.3) is 11.0 Å². The number of fused-ring (bicyclic) bond motifs is 1. The molecule has 0 spiro atoms. The van der Waals surface area contributed by atoms with Gasteiger partial charge in [0.2, 0.25) is 0 Å². The summed E-state index contributed by atoms with van der Waals surface area (Å²) >= 11 is 0. The first-order chi connectivity index (χ1) is 6.70. The maximum absolute atomic E-state index is 11.3. The lowest BCUT2D eigenvalue weighted by molar-refractivity contribution is 0.100. The topological polar surface area (TPSA) is 56.2 Å². The Labute approximate surface area is 81.5 Å². The Morgan fingerprint density at radius 2 is 2.21 bits per heavy atom. The number of carbonyl (C=O) groups excluding carboxylic acids is 1. The van der Waals surface area contributed by atoms with Gasteiger partial charge in [-0.05, 0) is 19.1 Å². The molecule has 0 amide bonds. The number of aryl methyl sites for hydroxylation is 1. The molecule has 2 aromatic rings. The molecule has 0 unspecified atom stereocenters. The van der Waals surface area contributed by atoms with Crippen molar-refractivity contribution < 1.29 is 9.21 Å². The van der Waals surface area contributed by atoms with Gasteiger partial charge in [-0.1, -0.05) is 12.1 Å². The summed E-state index contributed by atoms with van der Waals surface area (Å²) < 4.78 is 5.41. The molecule has 2 N–H and O–H groups in total. The number of hydrogen-bond acceptors (Lipinski definition) is 3. The van der Waals surface area contributed by atoms with Gasteiger partial charge in [0.1, 0.15) is 11.3 Å². The number of ketones is 1. The first-order valence-corrected chi connectivity index (χ1v) is 4.44. The van der Waals surface area contributed by atoms with E-state index in [2.05, 4.69) is 0 Å². The van der Waals surface area contributed by atoms with Crippen molar-refractivity contribution in [1.82, 2.24) is 0 Å². The van der Waals surface area contributed by atoms with Gasteiger partial charge >= 0.3 is 0 Å². The third kappa shape index (κ3) is 1.42. The van der Waals surface area contributed by atoms with Gasteiger partial charge in [0.15, 0.2) is 5.78 Å². The standard InChI is InChI=1S/C11H11NO2/c1-7-4-9-3-2-8(10(13)6-12)5-11(9)14-7/h2-5H,6,12H2,1H3. The van der Waals surface area contributed by atoms with Crippen molar-refractivity contribution >= 4 is 16.8 Å². The van der Waals surface area contributed by atoms with E-state index in [4.69, 9.17) is 10.2 Å². The Kier molecular flexibility index (Phi) is 2.09. The molecule has 0 aliphatic rings. The quantitative estimate of drug-likeness (QED) is 0.734. The molecule has 14 heavy (non-hydrogen) atoms. The van der Waals surface area contributed by atoms with Crippen molar-refractivity contribution in [3.8, 4) is 0 Å². The third-order valence-corrected chi connectivity index (χ3v) is 2.15. The maximum atomic E-state index is 11.3. The van der Waals surface area contributed by atoms with E-state index in [1.807, 2.05) is 19.1 Å². The normalized spacial score (nSPS) is 10.7. The van der Waals surface area contributed by atoms with Crippen LogP contribution in [0.3, 0.4) is 0 Å². The van der Waals surface area contributed by atoms with E-state index >= 15 is 0 Å². The fourth-order valence-electron chi connectivity index (χ4n) is 1.46. The van der Waals surface area contributed by atoms with Crippen LogP contribution in [0.15, 0.2) is 28.7 Å². The van der Waals surface area contributed by atoms with E-state index in [1.165, 1.54) is 0 Å². The summed E-state index contributed by atoms with van der Waals surface area (Å²) in [6.07, 6.45) is 0. The van der Waals surface area contributed by atoms with Gasteiger partial charge < -0.3 is 10.2 Å². The molecule has 3 heteroatoms. The van der Waals surface area contributed by atoms with Crippen LogP contribution >= 0.6 is 0 Å². The monoisotopic (exact) mass is 189 g/mol. The Bertz CT molecular complexity index is 485. The van der Waals surface area contributed by atoms with Gasteiger partial charge in [-0.25, -0.2) is 0 Å². The summed E-state index contributed by atoms with van der Waals surface area (Å²) in [6, 6.07) is 7.31. The first kappa shape index (κ1) is 8.97. The lowest BCUT2D eigenvalue weighted by Gasteiger charge is -1.96. The zero-order valence-electron chi connectivity index (χ0n) is 7.91. The molecule has 0 saturated carbocycles. The summed E-state index contributed by atoms with van der Waals surface area (Å²) in [7, 11) is 0. The zero-order chi connectivity index (χ0) is 10.1. The highest BCUT2D eigenvalue weighted by molar-refractivity contribution is 6.00. The fourth-order valence-corrected chi connectivity index (χ4v) is 1.46. The van der Waals surface area contributed by atoms with E-state index in [0.717, 1.165) is 16.7 Å². The molecule has 0 atom stereocenters. The summed E-state index contributed by atoms with van der Waals surface area (Å²) in [5.41, 5.74) is 6.62. The summed E-state index contributed by atoms with van der Waals surface area (Å²) in [5, 5.41) is 1.01. The fraction of sp³-hybridized carbons (Fsp3) is 0.182. The number of Topliss-reactive ketones (excluding diaryl/α,β-unsaturated/α-hetero) is 1. The molecule has 0 saturated heterocycles. The van der Waals surface area contributed by atoms with E-state index < -0.39 is 0 Å². The Balaban J connectivity index is 2.55. The number of carbonyl (C=O) groups is 1. The van der Waals surface area contributed by atoms with E-state index in [0.29, 0.717) is 5.56 Å². The summed E-state index contributed by atoms with van der Waals surface area (Å²) in [5.74, 6) is 0.776. The van der Waals surface area contributed by atoms with Crippen LogP contribution in [0.1, 0.15) is 16.1 Å². The van der Waals surface area contributed by atoms with Crippen LogP contribution in [0, 0.1) is 6.92 Å². The summed E-state index contributed by atoms with van der Waals surface area (Å²) in [6.45, 7) is 1.91. The van der Waals surface area contributed by atoms with Crippen LogP contribution in [0.4, 0.5) is 0 Å². The van der Waals surface area contributed by atoms with E-state index in [9.17, 15) is 4.79 Å². The predicted molar refractivity (Wildman–Crippen MR) is 54.3 cm³/mol. The van der Waals surface area contributed by atoms with Crippen LogP contribution in [0.5, 0.6) is 0 Å². The molecule has 2 rings (SSSR count). The molecule has 0 bridgehead atoms. The SMILES string of the molecule is Cc1cc2ccc(C(=O)CN)cc2o1. The average Bonchev–Trinajstić information content (AvgIpc) is 2.55. The highest BCUT2D eigenvalue weighted by atomic mass is 16.3. The average molecular weight is 189 g/mol. The third-order valence-electron chi connectivity index (χ3n) is 2.15. The Morgan fingerprint density at radius 1 is 1.43 bits per heavy atom. The van der Waals surface area contributed by atoms with Gasteiger partial charge in [-0.2, -0.15) is 0 Å². The largest absolute Gasteiger partial charge is 0.461 e. The highest BCUT2D eigenvalue weighted by Crippen LogP contribution is 2.20. The number of benzene rings is 1. The van der Waals surface area contributed by atoms with Crippen molar-refractivity contribution in [2.75, 3.05) is 6.54 Å². The van der Waals surface area contributed by atoms with E-state index in [-0.39, 0.29) is 12.3 Å². The van der Waals surface area contributed by atoms with Gasteiger partial charge in [-0.15, -0.1) is 0 Å². The molecule has 1 aromatic heterocycles. The van der Waals surface area contributed by atoms with Crippen molar-refractivity contribution in [3.63, 3.8) is 0 Å². The zero-order valence-corrected chi connectivity index (χ0v) is 7.91. The molecular formula is C11H11NO2. The van der Waals surface area contributed by atoms with Crippen molar-refractivity contribution in [3.05, 3.63) is 35.6 Å². The predicted octanol–water partition coefficient (Wildman–Crippen LogP) is 1.88. The van der Waals surface area contributed by atoms with Crippen molar-refractivity contribution in [1.29, 1.82) is 0 Å². The van der Waals surface area contributed by atoms with Gasteiger partial charge in [-0.3, -0.25) is 4.79 Å². The molecule has 0 fully saturated rings. The number of nitrogens with two attached hydrogens (primary N) is 1. The molecule has 72 valence electrons. The molecule has 0 radical (unpaired) electrons.